The molecule has 2 heterocycles. The zero-order chi connectivity index (χ0) is 13.3. The van der Waals surface area contributed by atoms with Gasteiger partial charge < -0.3 is 4.42 Å². The third-order valence-electron chi connectivity index (χ3n) is 2.23. The van der Waals surface area contributed by atoms with Gasteiger partial charge in [-0.15, -0.1) is 0 Å². The van der Waals surface area contributed by atoms with E-state index >= 15 is 0 Å². The van der Waals surface area contributed by atoms with Crippen molar-refractivity contribution in [3.63, 3.8) is 0 Å². The van der Waals surface area contributed by atoms with Gasteiger partial charge in [-0.1, -0.05) is 24.9 Å². The van der Waals surface area contributed by atoms with E-state index in [-0.39, 0.29) is 0 Å². The van der Waals surface area contributed by atoms with Gasteiger partial charge >= 0.3 is 0 Å². The molecule has 0 saturated heterocycles. The second-order valence-electron chi connectivity index (χ2n) is 3.58. The molecule has 7 heteroatoms. The summed E-state index contributed by atoms with van der Waals surface area (Å²) >= 11 is 16.1. The van der Waals surface area contributed by atoms with Gasteiger partial charge in [-0.05, 0) is 54.2 Å². The lowest BCUT2D eigenvalue weighted by molar-refractivity contribution is 0.549. The predicted molar refractivity (Wildman–Crippen MR) is 81.8 cm³/mol. The molecule has 96 valence electrons. The van der Waals surface area contributed by atoms with Gasteiger partial charge in [0.1, 0.15) is 5.15 Å². The van der Waals surface area contributed by atoms with Gasteiger partial charge in [-0.3, -0.25) is 0 Å². The van der Waals surface area contributed by atoms with E-state index in [0.717, 1.165) is 27.5 Å². The van der Waals surface area contributed by atoms with E-state index in [9.17, 15) is 0 Å². The first kappa shape index (κ1) is 14.5. The van der Waals surface area contributed by atoms with Crippen LogP contribution < -0.4 is 0 Å². The van der Waals surface area contributed by atoms with Crippen LogP contribution in [0.5, 0.6) is 0 Å². The minimum atomic E-state index is 0.395. The zero-order valence-corrected chi connectivity index (χ0v) is 14.8. The zero-order valence-electron chi connectivity index (χ0n) is 9.31. The molecule has 2 rings (SSSR count). The summed E-state index contributed by atoms with van der Waals surface area (Å²) in [5, 5.41) is 0.395. The van der Waals surface area contributed by atoms with E-state index in [4.69, 9.17) is 16.0 Å². The van der Waals surface area contributed by atoms with Crippen molar-refractivity contribution in [3.05, 3.63) is 30.5 Å². The Kier molecular flexibility index (Phi) is 4.86. The Morgan fingerprint density at radius 3 is 2.56 bits per heavy atom. The Labute approximate surface area is 135 Å². The summed E-state index contributed by atoms with van der Waals surface area (Å²) in [5.74, 6) is 1.05. The molecule has 0 N–H and O–H groups in total. The largest absolute Gasteiger partial charge is 0.445 e. The van der Waals surface area contributed by atoms with E-state index < -0.39 is 0 Å². The van der Waals surface area contributed by atoms with Crippen molar-refractivity contribution in [1.82, 2.24) is 9.97 Å². The first-order chi connectivity index (χ1) is 8.52. The van der Waals surface area contributed by atoms with Gasteiger partial charge in [0, 0.05) is 6.07 Å². The molecule has 0 fully saturated rings. The summed E-state index contributed by atoms with van der Waals surface area (Å²) in [5.41, 5.74) is 0.885. The van der Waals surface area contributed by atoms with Crippen LogP contribution in [0.4, 0.5) is 0 Å². The van der Waals surface area contributed by atoms with E-state index in [2.05, 4.69) is 64.7 Å². The maximum absolute atomic E-state index is 6.09. The Hall–Kier alpha value is 0.0900. The number of furan rings is 1. The third-order valence-corrected chi connectivity index (χ3v) is 5.28. The van der Waals surface area contributed by atoms with Crippen molar-refractivity contribution in [2.45, 2.75) is 19.8 Å². The number of nitrogens with zero attached hydrogens (tertiary/aromatic N) is 2. The van der Waals surface area contributed by atoms with Gasteiger partial charge in [-0.2, -0.15) is 0 Å². The molecular weight excluding hydrogens is 451 g/mol. The maximum atomic E-state index is 6.09. The van der Waals surface area contributed by atoms with Crippen LogP contribution in [0, 0.1) is 0 Å². The molecule has 0 bridgehead atoms. The smallest absolute Gasteiger partial charge is 0.197 e. The second kappa shape index (κ2) is 6.03. The van der Waals surface area contributed by atoms with Crippen LogP contribution in [-0.4, -0.2) is 9.97 Å². The van der Waals surface area contributed by atoms with Crippen molar-refractivity contribution >= 4 is 59.4 Å². The molecular formula is C11H8Br3ClN2O. The Morgan fingerprint density at radius 1 is 1.28 bits per heavy atom. The van der Waals surface area contributed by atoms with E-state index in [1.165, 1.54) is 0 Å². The molecule has 2 aromatic rings. The predicted octanol–water partition coefficient (Wildman–Crippen LogP) is 5.63. The fourth-order valence-electron chi connectivity index (χ4n) is 1.43. The van der Waals surface area contributed by atoms with Crippen LogP contribution >= 0.6 is 59.4 Å². The molecule has 0 saturated carbocycles. The highest BCUT2D eigenvalue weighted by Gasteiger charge is 2.15. The molecule has 0 aromatic carbocycles. The average Bonchev–Trinajstić information content (AvgIpc) is 2.65. The Morgan fingerprint density at radius 2 is 2.00 bits per heavy atom. The average molecular weight is 459 g/mol. The minimum absolute atomic E-state index is 0.395. The maximum Gasteiger partial charge on any atom is 0.197 e. The van der Waals surface area contributed by atoms with Crippen LogP contribution in [0.15, 0.2) is 24.1 Å². The van der Waals surface area contributed by atoms with Crippen LogP contribution in [0.1, 0.15) is 19.0 Å². The monoisotopic (exact) mass is 456 g/mol. The summed E-state index contributed by atoms with van der Waals surface area (Å²) in [6.07, 6.45) is 1.82. The van der Waals surface area contributed by atoms with Crippen molar-refractivity contribution in [3.8, 4) is 11.6 Å². The van der Waals surface area contributed by atoms with Gasteiger partial charge in [0.25, 0.3) is 0 Å². The highest BCUT2D eigenvalue weighted by molar-refractivity contribution is 9.13. The minimum Gasteiger partial charge on any atom is -0.445 e. The first-order valence-corrected chi connectivity index (χ1v) is 7.95. The van der Waals surface area contributed by atoms with Gasteiger partial charge in [0.05, 0.1) is 14.6 Å². The van der Waals surface area contributed by atoms with Crippen LogP contribution in [0.2, 0.25) is 5.15 Å². The molecule has 0 atom stereocenters. The lowest BCUT2D eigenvalue weighted by Crippen LogP contribution is -1.97. The SMILES string of the molecule is CCCc1nc(-c2cc(Br)c(Br)o2)nc(Cl)c1Br. The number of hydrogen-bond acceptors (Lipinski definition) is 3. The van der Waals surface area contributed by atoms with Crippen molar-refractivity contribution in [1.29, 1.82) is 0 Å². The molecule has 0 amide bonds. The van der Waals surface area contributed by atoms with Gasteiger partial charge in [-0.25, -0.2) is 9.97 Å². The van der Waals surface area contributed by atoms with Crippen LogP contribution in [-0.2, 0) is 6.42 Å². The fraction of sp³-hybridized carbons (Fsp3) is 0.273. The van der Waals surface area contributed by atoms with Crippen LogP contribution in [0.3, 0.4) is 0 Å². The fourth-order valence-corrected chi connectivity index (χ4v) is 2.57. The molecule has 3 nitrogen and oxygen atoms in total. The summed E-state index contributed by atoms with van der Waals surface area (Å²) in [6, 6.07) is 1.80. The molecule has 0 spiro atoms. The molecule has 0 aliphatic carbocycles. The number of halogens is 4. The molecule has 0 unspecified atom stereocenters. The summed E-state index contributed by atoms with van der Waals surface area (Å²) in [7, 11) is 0. The van der Waals surface area contributed by atoms with E-state index in [1.54, 1.807) is 6.07 Å². The first-order valence-electron chi connectivity index (χ1n) is 5.20. The van der Waals surface area contributed by atoms with Gasteiger partial charge in [0.2, 0.25) is 0 Å². The number of rotatable bonds is 3. The summed E-state index contributed by atoms with van der Waals surface area (Å²) in [6.45, 7) is 2.09. The van der Waals surface area contributed by atoms with Crippen LogP contribution in [0.25, 0.3) is 11.6 Å². The second-order valence-corrected chi connectivity index (χ2v) is 6.31. The summed E-state index contributed by atoms with van der Waals surface area (Å²) in [4.78, 5) is 8.68. The third kappa shape index (κ3) is 2.98. The van der Waals surface area contributed by atoms with E-state index in [1.807, 2.05) is 0 Å². The molecule has 0 aliphatic heterocycles. The molecule has 0 aliphatic rings. The lowest BCUT2D eigenvalue weighted by atomic mass is 10.2. The normalized spacial score (nSPS) is 10.9. The quantitative estimate of drug-likeness (QED) is 0.559. The van der Waals surface area contributed by atoms with Gasteiger partial charge in [0.15, 0.2) is 16.3 Å². The Bertz CT molecular complexity index is 566. The number of hydrogen-bond donors (Lipinski definition) is 0. The summed E-state index contributed by atoms with van der Waals surface area (Å²) < 4.78 is 7.67. The van der Waals surface area contributed by atoms with Crippen molar-refractivity contribution < 1.29 is 4.42 Å². The topological polar surface area (TPSA) is 38.9 Å². The molecule has 2 aromatic heterocycles. The molecule has 18 heavy (non-hydrogen) atoms. The standard InChI is InChI=1S/C11H8Br3ClN2O/c1-2-3-6-8(13)10(15)17-11(16-6)7-4-5(12)9(14)18-7/h4H,2-3H2,1H3. The van der Waals surface area contributed by atoms with Crippen molar-refractivity contribution in [2.75, 3.05) is 0 Å². The lowest BCUT2D eigenvalue weighted by Gasteiger charge is -2.05. The number of aryl methyl sites for hydroxylation is 1. The molecule has 0 radical (unpaired) electrons. The highest BCUT2D eigenvalue weighted by atomic mass is 79.9. The number of aromatic nitrogens is 2. The van der Waals surface area contributed by atoms with E-state index in [0.29, 0.717) is 21.4 Å². The van der Waals surface area contributed by atoms with Crippen molar-refractivity contribution in [2.24, 2.45) is 0 Å². The Balaban J connectivity index is 2.51. The highest BCUT2D eigenvalue weighted by Crippen LogP contribution is 2.33.